The fourth-order valence-electron chi connectivity index (χ4n) is 2.06. The number of nitrogens with zero attached hydrogens (tertiary/aromatic N) is 4. The summed E-state index contributed by atoms with van der Waals surface area (Å²) in [6.07, 6.45) is -4.86. The lowest BCUT2D eigenvalue weighted by atomic mass is 10.3. The van der Waals surface area contributed by atoms with E-state index in [1.54, 1.807) is 4.72 Å². The maximum atomic E-state index is 13.6. The number of aryl methyl sites for hydroxylation is 1. The van der Waals surface area contributed by atoms with E-state index in [2.05, 4.69) is 15.1 Å². The number of para-hydroxylation sites is 1. The maximum absolute atomic E-state index is 13.6. The van der Waals surface area contributed by atoms with E-state index in [9.17, 15) is 30.4 Å². The van der Waals surface area contributed by atoms with E-state index in [1.165, 1.54) is 6.92 Å². The average Bonchev–Trinajstić information content (AvgIpc) is 2.94. The lowest BCUT2D eigenvalue weighted by Crippen LogP contribution is -2.17. The Balaban J connectivity index is 2.13. The molecule has 2 aromatic heterocycles. The van der Waals surface area contributed by atoms with Gasteiger partial charge in [-0.1, -0.05) is 6.07 Å². The minimum atomic E-state index is -4.86. The number of fused-ring (bicyclic) bond motifs is 1. The molecule has 1 aromatic carbocycles. The molecule has 0 fully saturated rings. The van der Waals surface area contributed by atoms with Crippen LogP contribution in [0, 0.1) is 18.6 Å². The normalized spacial score (nSPS) is 12.5. The van der Waals surface area contributed by atoms with Gasteiger partial charge in [0.2, 0.25) is 0 Å². The van der Waals surface area contributed by atoms with E-state index in [1.807, 2.05) is 0 Å². The van der Waals surface area contributed by atoms with Crippen molar-refractivity contribution in [3.63, 3.8) is 0 Å². The van der Waals surface area contributed by atoms with Gasteiger partial charge in [0, 0.05) is 5.69 Å². The van der Waals surface area contributed by atoms with Crippen molar-refractivity contribution in [1.29, 1.82) is 0 Å². The summed E-state index contributed by atoms with van der Waals surface area (Å²) in [5, 5.41) is 2.15. The van der Waals surface area contributed by atoms with Gasteiger partial charge in [-0.25, -0.2) is 13.8 Å². The number of nitrogens with one attached hydrogen (secondary N) is 1. The van der Waals surface area contributed by atoms with Crippen LogP contribution in [0.5, 0.6) is 0 Å². The Hall–Kier alpha value is -2.83. The zero-order valence-electron chi connectivity index (χ0n) is 12.7. The summed E-state index contributed by atoms with van der Waals surface area (Å²) < 4.78 is 92.7. The quantitative estimate of drug-likeness (QED) is 0.691. The molecule has 0 saturated heterocycles. The van der Waals surface area contributed by atoms with Crippen LogP contribution in [0.25, 0.3) is 5.78 Å². The molecule has 0 aliphatic rings. The Morgan fingerprint density at radius 1 is 1.12 bits per heavy atom. The van der Waals surface area contributed by atoms with Crippen LogP contribution in [-0.4, -0.2) is 28.0 Å². The summed E-state index contributed by atoms with van der Waals surface area (Å²) in [5.74, 6) is -3.07. The van der Waals surface area contributed by atoms with Crippen LogP contribution in [0.1, 0.15) is 11.4 Å². The number of halogens is 5. The van der Waals surface area contributed by atoms with Crippen molar-refractivity contribution in [3.05, 3.63) is 47.3 Å². The molecule has 1 N–H and O–H groups in total. The summed E-state index contributed by atoms with van der Waals surface area (Å²) in [7, 11) is -4.78. The lowest BCUT2D eigenvalue weighted by Gasteiger charge is -2.08. The van der Waals surface area contributed by atoms with Crippen molar-refractivity contribution >= 4 is 21.5 Å². The molecule has 13 heteroatoms. The van der Waals surface area contributed by atoms with Gasteiger partial charge in [-0.15, -0.1) is 5.10 Å². The van der Waals surface area contributed by atoms with Gasteiger partial charge in [0.25, 0.3) is 21.0 Å². The molecule has 26 heavy (non-hydrogen) atoms. The Bertz CT molecular complexity index is 1090. The zero-order chi connectivity index (χ0) is 19.3. The van der Waals surface area contributed by atoms with Crippen LogP contribution in [0.15, 0.2) is 29.4 Å². The van der Waals surface area contributed by atoms with E-state index in [0.29, 0.717) is 6.07 Å². The summed E-state index contributed by atoms with van der Waals surface area (Å²) in [5.41, 5.74) is -2.38. The second kappa shape index (κ2) is 5.86. The van der Waals surface area contributed by atoms with Crippen LogP contribution in [0.3, 0.4) is 0 Å². The third-order valence-corrected chi connectivity index (χ3v) is 4.28. The lowest BCUT2D eigenvalue weighted by molar-refractivity contribution is -0.142. The molecule has 0 atom stereocenters. The molecule has 2 heterocycles. The van der Waals surface area contributed by atoms with Gasteiger partial charge in [-0.2, -0.15) is 31.1 Å². The first-order valence-corrected chi connectivity index (χ1v) is 8.26. The molecule has 0 spiro atoms. The van der Waals surface area contributed by atoms with Gasteiger partial charge in [-0.3, -0.25) is 4.72 Å². The number of benzene rings is 1. The molecule has 0 radical (unpaired) electrons. The number of alkyl halides is 3. The second-order valence-electron chi connectivity index (χ2n) is 5.09. The first-order valence-electron chi connectivity index (χ1n) is 6.77. The highest BCUT2D eigenvalue weighted by molar-refractivity contribution is 7.92. The van der Waals surface area contributed by atoms with Crippen LogP contribution in [-0.2, 0) is 16.2 Å². The fourth-order valence-corrected chi connectivity index (χ4v) is 3.01. The first-order chi connectivity index (χ1) is 12.0. The molecule has 0 saturated carbocycles. The van der Waals surface area contributed by atoms with E-state index in [-0.39, 0.29) is 10.2 Å². The van der Waals surface area contributed by atoms with Crippen molar-refractivity contribution < 1.29 is 30.4 Å². The minimum absolute atomic E-state index is 0.0747. The van der Waals surface area contributed by atoms with Gasteiger partial charge >= 0.3 is 6.18 Å². The molecule has 0 bridgehead atoms. The summed E-state index contributed by atoms with van der Waals surface area (Å²) in [4.78, 5) is 7.10. The molecule has 7 nitrogen and oxygen atoms in total. The summed E-state index contributed by atoms with van der Waals surface area (Å²) >= 11 is 0. The van der Waals surface area contributed by atoms with Gasteiger partial charge in [0.05, 0.1) is 0 Å². The molecule has 3 aromatic rings. The van der Waals surface area contributed by atoms with E-state index >= 15 is 0 Å². The highest BCUT2D eigenvalue weighted by Crippen LogP contribution is 2.30. The number of aromatic nitrogens is 4. The highest BCUT2D eigenvalue weighted by atomic mass is 32.2. The molecule has 3 rings (SSSR count). The zero-order valence-corrected chi connectivity index (χ0v) is 13.5. The third-order valence-electron chi connectivity index (χ3n) is 3.15. The largest absolute Gasteiger partial charge is 0.433 e. The topological polar surface area (TPSA) is 89.3 Å². The number of anilines is 1. The molecular weight excluding hydrogens is 385 g/mol. The minimum Gasteiger partial charge on any atom is -0.271 e. The van der Waals surface area contributed by atoms with Crippen molar-refractivity contribution in [2.75, 3.05) is 4.72 Å². The van der Waals surface area contributed by atoms with Crippen LogP contribution >= 0.6 is 0 Å². The number of sulfonamides is 1. The maximum Gasteiger partial charge on any atom is 0.433 e. The van der Waals surface area contributed by atoms with Gasteiger partial charge < -0.3 is 0 Å². The molecule has 0 aliphatic heterocycles. The smallest absolute Gasteiger partial charge is 0.271 e. The molecule has 0 unspecified atom stereocenters. The number of hydrogen-bond acceptors (Lipinski definition) is 5. The van der Waals surface area contributed by atoms with Crippen molar-refractivity contribution in [2.45, 2.75) is 18.3 Å². The molecule has 138 valence electrons. The standard InChI is InChI=1S/C13H8F5N5O2S/c1-6-5-9(13(16,17)18)23-11(19-6)20-12(21-23)26(24,25)22-10-7(14)3-2-4-8(10)15/h2-5,22H,1H3. The van der Waals surface area contributed by atoms with Gasteiger partial charge in [0.1, 0.15) is 17.3 Å². The molecule has 0 amide bonds. The Labute approximate surface area is 142 Å². The van der Waals surface area contributed by atoms with Crippen molar-refractivity contribution in [1.82, 2.24) is 19.6 Å². The third kappa shape index (κ3) is 3.16. The predicted molar refractivity (Wildman–Crippen MR) is 77.7 cm³/mol. The Kier molecular flexibility index (Phi) is 4.05. The van der Waals surface area contributed by atoms with Crippen molar-refractivity contribution in [3.8, 4) is 0 Å². The van der Waals surface area contributed by atoms with E-state index in [4.69, 9.17) is 0 Å². The summed E-state index contributed by atoms with van der Waals surface area (Å²) in [6, 6.07) is 3.26. The van der Waals surface area contributed by atoms with Crippen LogP contribution in [0.2, 0.25) is 0 Å². The predicted octanol–water partition coefficient (Wildman–Crippen LogP) is 2.53. The monoisotopic (exact) mass is 393 g/mol. The SMILES string of the molecule is Cc1cc(C(F)(F)F)n2nc(S(=O)(=O)Nc3c(F)cccc3F)nc2n1. The number of rotatable bonds is 3. The van der Waals surface area contributed by atoms with Crippen molar-refractivity contribution in [2.24, 2.45) is 0 Å². The van der Waals surface area contributed by atoms with E-state index in [0.717, 1.165) is 18.2 Å². The fraction of sp³-hybridized carbons (Fsp3) is 0.154. The van der Waals surface area contributed by atoms with E-state index < -0.39 is 50.1 Å². The molecular formula is C13H8F5N5O2S. The highest BCUT2D eigenvalue weighted by Gasteiger charge is 2.36. The number of hydrogen-bond donors (Lipinski definition) is 1. The molecule has 0 aliphatic carbocycles. The van der Waals surface area contributed by atoms with Gasteiger partial charge in [0.15, 0.2) is 5.69 Å². The Morgan fingerprint density at radius 3 is 2.31 bits per heavy atom. The second-order valence-corrected chi connectivity index (χ2v) is 6.67. The Morgan fingerprint density at radius 2 is 1.73 bits per heavy atom. The first kappa shape index (κ1) is 18.0. The summed E-state index contributed by atoms with van der Waals surface area (Å²) in [6.45, 7) is 1.26. The van der Waals surface area contributed by atoms with Gasteiger partial charge in [-0.05, 0) is 25.1 Å². The van der Waals surface area contributed by atoms with Crippen LogP contribution < -0.4 is 4.72 Å². The van der Waals surface area contributed by atoms with Crippen LogP contribution in [0.4, 0.5) is 27.6 Å². The average molecular weight is 393 g/mol.